The number of rotatable bonds is 13. The van der Waals surface area contributed by atoms with Gasteiger partial charge in [0.15, 0.2) is 0 Å². The highest BCUT2D eigenvalue weighted by Gasteiger charge is 2.58. The van der Waals surface area contributed by atoms with Gasteiger partial charge in [-0.15, -0.1) is 0 Å². The quantitative estimate of drug-likeness (QED) is 0.130. The van der Waals surface area contributed by atoms with Gasteiger partial charge in [0.1, 0.15) is 29.7 Å². The van der Waals surface area contributed by atoms with Crippen molar-refractivity contribution in [2.75, 3.05) is 13.2 Å². The van der Waals surface area contributed by atoms with E-state index < -0.39 is 29.9 Å². The number of aliphatic hydroxyl groups is 2. The molecular weight excluding hydrogens is 530 g/mol. The molecule has 0 saturated carbocycles. The number of hydrogen-bond acceptors (Lipinski definition) is 9. The summed E-state index contributed by atoms with van der Waals surface area (Å²) in [5.74, 6) is -0.394. The number of amides is 1. The van der Waals surface area contributed by atoms with Gasteiger partial charge in [-0.3, -0.25) is 14.4 Å². The topological polar surface area (TPSA) is 144 Å². The Morgan fingerprint density at radius 1 is 1.17 bits per heavy atom. The van der Waals surface area contributed by atoms with E-state index in [1.165, 1.54) is 13.0 Å². The minimum atomic E-state index is -0.801. The molecule has 230 valence electrons. The van der Waals surface area contributed by atoms with Crippen molar-refractivity contribution in [2.24, 2.45) is 5.92 Å². The minimum absolute atomic E-state index is 0.00463. The fourth-order valence-electron chi connectivity index (χ4n) is 5.52. The summed E-state index contributed by atoms with van der Waals surface area (Å²) in [5.41, 5.74) is 0.357. The zero-order valence-electron chi connectivity index (χ0n) is 24.9. The van der Waals surface area contributed by atoms with Gasteiger partial charge in [-0.25, -0.2) is 0 Å². The van der Waals surface area contributed by atoms with E-state index in [0.29, 0.717) is 32.3 Å². The predicted molar refractivity (Wildman–Crippen MR) is 152 cm³/mol. The molecule has 1 amide bonds. The third-order valence-corrected chi connectivity index (χ3v) is 7.99. The number of ether oxygens (including phenoxy) is 4. The number of allylic oxidation sites excluding steroid dienone is 2. The van der Waals surface area contributed by atoms with Crippen LogP contribution >= 0.6 is 0 Å². The molecule has 0 radical (unpaired) electrons. The molecule has 3 aliphatic rings. The van der Waals surface area contributed by atoms with E-state index in [4.69, 9.17) is 24.1 Å². The zero-order chi connectivity index (χ0) is 30.2. The largest absolute Gasteiger partial charge is 0.459 e. The van der Waals surface area contributed by atoms with E-state index in [1.807, 2.05) is 26.0 Å². The molecule has 3 N–H and O–H groups in total. The Labute approximate surface area is 243 Å². The van der Waals surface area contributed by atoms with Crippen LogP contribution in [0.5, 0.6) is 0 Å². The first kappa shape index (κ1) is 33.1. The number of aliphatic hydroxyl groups excluding tert-OH is 2. The molecule has 3 saturated heterocycles. The molecule has 9 atom stereocenters. The average molecular weight is 578 g/mol. The van der Waals surface area contributed by atoms with Gasteiger partial charge in [0.05, 0.1) is 31.0 Å². The minimum Gasteiger partial charge on any atom is -0.459 e. The van der Waals surface area contributed by atoms with Crippen molar-refractivity contribution in [3.05, 3.63) is 36.0 Å². The second-order valence-corrected chi connectivity index (χ2v) is 11.7. The number of nitrogens with one attached hydrogen (secondary N) is 1. The molecule has 3 rings (SSSR count). The van der Waals surface area contributed by atoms with Crippen LogP contribution in [0, 0.1) is 5.92 Å². The van der Waals surface area contributed by atoms with Gasteiger partial charge in [-0.05, 0) is 52.0 Å². The maximum atomic E-state index is 12.4. The molecule has 0 bridgehead atoms. The first-order valence-electron chi connectivity index (χ1n) is 14.7. The van der Waals surface area contributed by atoms with Crippen molar-refractivity contribution < 1.29 is 43.5 Å². The Morgan fingerprint density at radius 3 is 2.56 bits per heavy atom. The third kappa shape index (κ3) is 10.1. The highest BCUT2D eigenvalue weighted by atomic mass is 16.6. The summed E-state index contributed by atoms with van der Waals surface area (Å²) >= 11 is 0. The highest BCUT2D eigenvalue weighted by molar-refractivity contribution is 5.87. The number of carbonyl (C=O) groups is 3. The average Bonchev–Trinajstić information content (AvgIpc) is 3.68. The van der Waals surface area contributed by atoms with Gasteiger partial charge in [-0.2, -0.15) is 0 Å². The molecule has 41 heavy (non-hydrogen) atoms. The van der Waals surface area contributed by atoms with Crippen LogP contribution in [-0.2, 0) is 33.3 Å². The second kappa shape index (κ2) is 15.2. The smallest absolute Gasteiger partial charge is 0.303 e. The molecule has 1 spiro atoms. The lowest BCUT2D eigenvalue weighted by molar-refractivity contribution is -0.144. The monoisotopic (exact) mass is 577 g/mol. The number of Topliss-reactive ketones (excluding diaryl/α,β-unsaturated/α-hetero) is 1. The standard InChI is InChI=1S/C31H47NO9/c1-19(9-12-28-30(37)31(18-38-31)17-25(41-28)16-24(35)7-6-14-33)8-11-27-20(2)15-26(22(4)40-27)32-29(36)13-10-21(3)39-23(5)34/h8-10,12-13,20-22,25-28,30,33,37H,6-7,11,14-18H2,1-5H3,(H,32,36)/b12-9+,13-10-,19-8+/t20-,21-,22+,25+,26+,27-,28+,30+,31+/m0/s1. The Bertz CT molecular complexity index is 1000. The van der Waals surface area contributed by atoms with Crippen molar-refractivity contribution >= 4 is 17.7 Å². The summed E-state index contributed by atoms with van der Waals surface area (Å²) in [4.78, 5) is 35.6. The fraction of sp³-hybridized carbons (Fsp3) is 0.710. The van der Waals surface area contributed by atoms with Gasteiger partial charge < -0.3 is 34.5 Å². The van der Waals surface area contributed by atoms with Crippen LogP contribution in [0.1, 0.15) is 73.1 Å². The summed E-state index contributed by atoms with van der Waals surface area (Å²) in [6.45, 7) is 9.50. The van der Waals surface area contributed by atoms with Crippen LogP contribution < -0.4 is 5.32 Å². The van der Waals surface area contributed by atoms with Crippen molar-refractivity contribution in [1.82, 2.24) is 5.32 Å². The number of ketones is 1. The first-order valence-corrected chi connectivity index (χ1v) is 14.7. The van der Waals surface area contributed by atoms with Crippen LogP contribution in [0.25, 0.3) is 0 Å². The van der Waals surface area contributed by atoms with Crippen LogP contribution in [0.3, 0.4) is 0 Å². The highest BCUT2D eigenvalue weighted by Crippen LogP contribution is 2.43. The van der Waals surface area contributed by atoms with Gasteiger partial charge in [0.2, 0.25) is 5.91 Å². The van der Waals surface area contributed by atoms with E-state index in [0.717, 1.165) is 12.0 Å². The number of epoxide rings is 1. The van der Waals surface area contributed by atoms with Gasteiger partial charge in [-0.1, -0.05) is 30.7 Å². The van der Waals surface area contributed by atoms with E-state index >= 15 is 0 Å². The van der Waals surface area contributed by atoms with E-state index in [-0.39, 0.29) is 55.0 Å². The maximum Gasteiger partial charge on any atom is 0.303 e. The third-order valence-electron chi connectivity index (χ3n) is 7.99. The van der Waals surface area contributed by atoms with Gasteiger partial charge in [0.25, 0.3) is 0 Å². The predicted octanol–water partition coefficient (Wildman–Crippen LogP) is 2.70. The fourth-order valence-corrected chi connectivity index (χ4v) is 5.52. The Morgan fingerprint density at radius 2 is 1.90 bits per heavy atom. The summed E-state index contributed by atoms with van der Waals surface area (Å²) in [7, 11) is 0. The van der Waals surface area contributed by atoms with E-state index in [9.17, 15) is 19.5 Å². The molecule has 0 aromatic rings. The van der Waals surface area contributed by atoms with Crippen LogP contribution in [0.2, 0.25) is 0 Å². The lowest BCUT2D eigenvalue weighted by Gasteiger charge is -2.39. The zero-order valence-corrected chi connectivity index (χ0v) is 24.9. The molecule has 3 fully saturated rings. The Balaban J connectivity index is 1.49. The molecule has 3 heterocycles. The lowest BCUT2D eigenvalue weighted by Crippen LogP contribution is -2.50. The van der Waals surface area contributed by atoms with Crippen molar-refractivity contribution in [1.29, 1.82) is 0 Å². The second-order valence-electron chi connectivity index (χ2n) is 11.7. The van der Waals surface area contributed by atoms with E-state index in [1.54, 1.807) is 13.0 Å². The van der Waals surface area contributed by atoms with Gasteiger partial charge >= 0.3 is 5.97 Å². The first-order chi connectivity index (χ1) is 19.4. The van der Waals surface area contributed by atoms with Crippen LogP contribution in [0.15, 0.2) is 36.0 Å². The maximum absolute atomic E-state index is 12.4. The molecule has 3 aliphatic heterocycles. The molecule has 0 aliphatic carbocycles. The Kier molecular flexibility index (Phi) is 12.3. The molecular formula is C31H47NO9. The number of esters is 1. The summed E-state index contributed by atoms with van der Waals surface area (Å²) in [5, 5.41) is 22.8. The molecule has 0 unspecified atom stereocenters. The molecule has 0 aromatic heterocycles. The van der Waals surface area contributed by atoms with Crippen LogP contribution in [-0.4, -0.2) is 89.4 Å². The number of hydrogen-bond donors (Lipinski definition) is 3. The van der Waals surface area contributed by atoms with Crippen molar-refractivity contribution in [2.45, 2.75) is 121 Å². The normalized spacial score (nSPS) is 34.6. The molecule has 10 nitrogen and oxygen atoms in total. The molecule has 0 aromatic carbocycles. The lowest BCUT2D eigenvalue weighted by atomic mass is 9.86. The summed E-state index contributed by atoms with van der Waals surface area (Å²) in [6, 6.07) is -0.127. The van der Waals surface area contributed by atoms with Crippen molar-refractivity contribution in [3.63, 3.8) is 0 Å². The van der Waals surface area contributed by atoms with Crippen LogP contribution in [0.4, 0.5) is 0 Å². The van der Waals surface area contributed by atoms with E-state index in [2.05, 4.69) is 18.3 Å². The number of carbonyl (C=O) groups excluding carboxylic acids is 3. The summed E-state index contributed by atoms with van der Waals surface area (Å²) in [6.07, 6.45) is 9.39. The van der Waals surface area contributed by atoms with Crippen molar-refractivity contribution in [3.8, 4) is 0 Å². The van der Waals surface area contributed by atoms with Gasteiger partial charge in [0, 0.05) is 38.9 Å². The SMILES string of the molecule is CC(=O)O[C@@H](C)/C=C\C(=O)N[C@@H]1C[C@H](C)[C@H](C/C=C(C)/C=C/[C@H]2O[C@H](CC(=O)CCCO)C[C@@]3(CO3)[C@@H]2O)O[C@@H]1C. The summed E-state index contributed by atoms with van der Waals surface area (Å²) < 4.78 is 22.9. The molecule has 10 heteroatoms. The Hall–Kier alpha value is -2.37.